The fourth-order valence-corrected chi connectivity index (χ4v) is 2.52. The highest BCUT2D eigenvalue weighted by Crippen LogP contribution is 2.20. The molecule has 0 spiro atoms. The summed E-state index contributed by atoms with van der Waals surface area (Å²) < 4.78 is 0. The van der Waals surface area contributed by atoms with Gasteiger partial charge in [-0.3, -0.25) is 4.79 Å². The molecule has 2 aromatic rings. The lowest BCUT2D eigenvalue weighted by Crippen LogP contribution is -2.27. The van der Waals surface area contributed by atoms with E-state index < -0.39 is 0 Å². The van der Waals surface area contributed by atoms with Gasteiger partial charge in [0.2, 0.25) is 0 Å². The predicted molar refractivity (Wildman–Crippen MR) is 88.0 cm³/mol. The van der Waals surface area contributed by atoms with Crippen LogP contribution in [-0.2, 0) is 4.79 Å². The lowest BCUT2D eigenvalue weighted by atomic mass is 10.1. The van der Waals surface area contributed by atoms with E-state index in [0.717, 1.165) is 5.03 Å². The van der Waals surface area contributed by atoms with Crippen molar-refractivity contribution in [2.24, 2.45) is 5.10 Å². The molecule has 5 nitrogen and oxygen atoms in total. The van der Waals surface area contributed by atoms with Crippen molar-refractivity contribution in [1.82, 2.24) is 10.4 Å². The zero-order chi connectivity index (χ0) is 15.9. The Morgan fingerprint density at radius 3 is 2.68 bits per heavy atom. The van der Waals surface area contributed by atoms with E-state index in [1.54, 1.807) is 44.3 Å². The lowest BCUT2D eigenvalue weighted by molar-refractivity contribution is -0.120. The van der Waals surface area contributed by atoms with Gasteiger partial charge < -0.3 is 5.11 Å². The SMILES string of the molecule is CC(=NNC(=O)C(C)Sc1ccccn1)c1ccccc1O. The molecule has 22 heavy (non-hydrogen) atoms. The van der Waals surface area contributed by atoms with E-state index in [1.807, 2.05) is 18.2 Å². The first-order valence-corrected chi connectivity index (χ1v) is 7.66. The Morgan fingerprint density at radius 1 is 1.27 bits per heavy atom. The Balaban J connectivity index is 1.97. The van der Waals surface area contributed by atoms with Gasteiger partial charge in [0.15, 0.2) is 0 Å². The van der Waals surface area contributed by atoms with Crippen molar-refractivity contribution in [3.63, 3.8) is 0 Å². The van der Waals surface area contributed by atoms with Crippen LogP contribution in [0.4, 0.5) is 0 Å². The van der Waals surface area contributed by atoms with Crippen LogP contribution in [0.5, 0.6) is 5.75 Å². The van der Waals surface area contributed by atoms with Crippen molar-refractivity contribution in [3.05, 3.63) is 54.2 Å². The van der Waals surface area contributed by atoms with Crippen LogP contribution in [0.3, 0.4) is 0 Å². The van der Waals surface area contributed by atoms with Gasteiger partial charge >= 0.3 is 0 Å². The number of carbonyl (C=O) groups excluding carboxylic acids is 1. The molecule has 0 fully saturated rings. The third-order valence-corrected chi connectivity index (χ3v) is 3.98. The van der Waals surface area contributed by atoms with Crippen LogP contribution in [0.15, 0.2) is 58.8 Å². The predicted octanol–water partition coefficient (Wildman–Crippen LogP) is 2.81. The number of para-hydroxylation sites is 1. The van der Waals surface area contributed by atoms with Crippen LogP contribution in [-0.4, -0.2) is 27.0 Å². The molecule has 1 atom stereocenters. The number of aromatic nitrogens is 1. The molecule has 0 aliphatic rings. The first kappa shape index (κ1) is 16.0. The number of aromatic hydroxyl groups is 1. The highest BCUT2D eigenvalue weighted by atomic mass is 32.2. The van der Waals surface area contributed by atoms with Gasteiger partial charge in [0, 0.05) is 11.8 Å². The number of nitrogens with one attached hydrogen (secondary N) is 1. The van der Waals surface area contributed by atoms with E-state index in [4.69, 9.17) is 0 Å². The first-order valence-electron chi connectivity index (χ1n) is 6.78. The lowest BCUT2D eigenvalue weighted by Gasteiger charge is -2.09. The number of hydrazone groups is 1. The van der Waals surface area contributed by atoms with Gasteiger partial charge in [0.05, 0.1) is 16.0 Å². The molecule has 0 saturated carbocycles. The molecule has 0 aliphatic heterocycles. The molecule has 0 aliphatic carbocycles. The molecule has 1 aromatic carbocycles. The zero-order valence-corrected chi connectivity index (χ0v) is 13.2. The Hall–Kier alpha value is -2.34. The van der Waals surface area contributed by atoms with E-state index in [9.17, 15) is 9.90 Å². The van der Waals surface area contributed by atoms with Crippen LogP contribution >= 0.6 is 11.8 Å². The summed E-state index contributed by atoms with van der Waals surface area (Å²) in [5.41, 5.74) is 3.65. The van der Waals surface area contributed by atoms with Crippen LogP contribution < -0.4 is 5.43 Å². The normalized spacial score (nSPS) is 12.7. The second kappa shape index (κ2) is 7.61. The molecule has 2 N–H and O–H groups in total. The molecule has 1 amide bonds. The Kier molecular flexibility index (Phi) is 5.55. The number of thioether (sulfide) groups is 1. The number of hydrogen-bond donors (Lipinski definition) is 2. The number of benzene rings is 1. The van der Waals surface area contributed by atoms with Gasteiger partial charge in [-0.15, -0.1) is 0 Å². The third-order valence-electron chi connectivity index (χ3n) is 2.93. The molecule has 114 valence electrons. The standard InChI is InChI=1S/C16H17N3O2S/c1-11(13-7-3-4-8-14(13)20)18-19-16(21)12(2)22-15-9-5-6-10-17-15/h3-10,12,20H,1-2H3,(H,19,21). The van der Waals surface area contributed by atoms with E-state index in [-0.39, 0.29) is 16.9 Å². The van der Waals surface area contributed by atoms with Crippen molar-refractivity contribution >= 4 is 23.4 Å². The fourth-order valence-electron chi connectivity index (χ4n) is 1.72. The summed E-state index contributed by atoms with van der Waals surface area (Å²) in [4.78, 5) is 16.2. The van der Waals surface area contributed by atoms with E-state index in [2.05, 4.69) is 15.5 Å². The maximum atomic E-state index is 12.0. The highest BCUT2D eigenvalue weighted by molar-refractivity contribution is 8.00. The quantitative estimate of drug-likeness (QED) is 0.505. The molecule has 1 aromatic heterocycles. The van der Waals surface area contributed by atoms with Crippen molar-refractivity contribution in [3.8, 4) is 5.75 Å². The number of phenols is 1. The van der Waals surface area contributed by atoms with Crippen LogP contribution in [0.1, 0.15) is 19.4 Å². The monoisotopic (exact) mass is 315 g/mol. The fraction of sp³-hybridized carbons (Fsp3) is 0.188. The summed E-state index contributed by atoms with van der Waals surface area (Å²) in [7, 11) is 0. The number of phenolic OH excluding ortho intramolecular Hbond substituents is 1. The number of nitrogens with zero attached hydrogens (tertiary/aromatic N) is 2. The second-order valence-electron chi connectivity index (χ2n) is 4.62. The molecule has 0 saturated heterocycles. The van der Waals surface area contributed by atoms with Gasteiger partial charge in [-0.1, -0.05) is 30.0 Å². The topological polar surface area (TPSA) is 74.6 Å². The summed E-state index contributed by atoms with van der Waals surface area (Å²) in [6.07, 6.45) is 1.69. The van der Waals surface area contributed by atoms with Crippen molar-refractivity contribution in [2.45, 2.75) is 24.1 Å². The van der Waals surface area contributed by atoms with E-state index >= 15 is 0 Å². The maximum Gasteiger partial charge on any atom is 0.253 e. The highest BCUT2D eigenvalue weighted by Gasteiger charge is 2.14. The Bertz CT molecular complexity index is 674. The number of rotatable bonds is 5. The smallest absolute Gasteiger partial charge is 0.253 e. The third kappa shape index (κ3) is 4.33. The van der Waals surface area contributed by atoms with Gasteiger partial charge in [0.25, 0.3) is 5.91 Å². The van der Waals surface area contributed by atoms with Crippen LogP contribution in [0.2, 0.25) is 0 Å². The molecular weight excluding hydrogens is 298 g/mol. The van der Waals surface area contributed by atoms with Gasteiger partial charge in [-0.2, -0.15) is 5.10 Å². The average Bonchev–Trinajstić information content (AvgIpc) is 2.53. The van der Waals surface area contributed by atoms with Gasteiger partial charge in [-0.25, -0.2) is 10.4 Å². The Morgan fingerprint density at radius 2 is 2.00 bits per heavy atom. The molecular formula is C16H17N3O2S. The largest absolute Gasteiger partial charge is 0.507 e. The summed E-state index contributed by atoms with van der Waals surface area (Å²) in [6.45, 7) is 3.52. The average molecular weight is 315 g/mol. The van der Waals surface area contributed by atoms with Gasteiger partial charge in [0.1, 0.15) is 5.75 Å². The minimum Gasteiger partial charge on any atom is -0.507 e. The number of hydrogen-bond acceptors (Lipinski definition) is 5. The summed E-state index contributed by atoms with van der Waals surface area (Å²) >= 11 is 1.36. The second-order valence-corrected chi connectivity index (χ2v) is 5.98. The van der Waals surface area contributed by atoms with Crippen molar-refractivity contribution < 1.29 is 9.90 Å². The summed E-state index contributed by atoms with van der Waals surface area (Å²) in [5.74, 6) is -0.0840. The first-order chi connectivity index (χ1) is 10.6. The van der Waals surface area contributed by atoms with Crippen LogP contribution in [0.25, 0.3) is 0 Å². The summed E-state index contributed by atoms with van der Waals surface area (Å²) in [5, 5.41) is 14.2. The minimum atomic E-state index is -0.323. The number of amides is 1. The van der Waals surface area contributed by atoms with Crippen molar-refractivity contribution in [2.75, 3.05) is 0 Å². The summed E-state index contributed by atoms with van der Waals surface area (Å²) in [6, 6.07) is 12.4. The molecule has 2 rings (SSSR count). The molecule has 0 radical (unpaired) electrons. The number of pyridine rings is 1. The molecule has 0 bridgehead atoms. The molecule has 6 heteroatoms. The zero-order valence-electron chi connectivity index (χ0n) is 12.4. The maximum absolute atomic E-state index is 12.0. The molecule has 1 unspecified atom stereocenters. The molecule has 1 heterocycles. The van der Waals surface area contributed by atoms with E-state index in [0.29, 0.717) is 11.3 Å². The number of carbonyl (C=O) groups is 1. The Labute approximate surface area is 133 Å². The van der Waals surface area contributed by atoms with Gasteiger partial charge in [-0.05, 0) is 38.1 Å². The van der Waals surface area contributed by atoms with Crippen molar-refractivity contribution in [1.29, 1.82) is 0 Å². The minimum absolute atomic E-state index is 0.133. The van der Waals surface area contributed by atoms with E-state index in [1.165, 1.54) is 11.8 Å². The van der Waals surface area contributed by atoms with Crippen LogP contribution in [0, 0.1) is 0 Å².